The van der Waals surface area contributed by atoms with Crippen LogP contribution in [0.5, 0.6) is 11.5 Å². The van der Waals surface area contributed by atoms with Gasteiger partial charge in [0, 0.05) is 5.97 Å². The summed E-state index contributed by atoms with van der Waals surface area (Å²) in [7, 11) is 0. The molecule has 1 aromatic carbocycles. The molecular formula is C15H19O4-. The fourth-order valence-electron chi connectivity index (χ4n) is 2.29. The lowest BCUT2D eigenvalue weighted by Gasteiger charge is -2.19. The summed E-state index contributed by atoms with van der Waals surface area (Å²) in [6.45, 7) is 4.50. The van der Waals surface area contributed by atoms with Crippen LogP contribution in [0.3, 0.4) is 0 Å². The molecule has 0 N–H and O–H groups in total. The second-order valence-corrected chi connectivity index (χ2v) is 5.36. The standard InChI is InChI=1S/C15H20O4/c1-10(2)3-4-12(8-15(16)17)11-5-6-13-14(7-11)19-9-18-13/h5-7,10,12H,3-4,8-9H2,1-2H3,(H,16,17)/p-1/t12-/m1/s1. The normalized spacial score (nSPS) is 14.7. The summed E-state index contributed by atoms with van der Waals surface area (Å²) in [5, 5.41) is 10.9. The Morgan fingerprint density at radius 2 is 2.00 bits per heavy atom. The summed E-state index contributed by atoms with van der Waals surface area (Å²) in [4.78, 5) is 10.9. The van der Waals surface area contributed by atoms with E-state index in [9.17, 15) is 9.90 Å². The fourth-order valence-corrected chi connectivity index (χ4v) is 2.29. The zero-order chi connectivity index (χ0) is 13.8. The Morgan fingerprint density at radius 3 is 2.68 bits per heavy atom. The first-order valence-electron chi connectivity index (χ1n) is 6.65. The number of carboxylic acids is 1. The van der Waals surface area contributed by atoms with Crippen LogP contribution in [0.2, 0.25) is 0 Å². The van der Waals surface area contributed by atoms with Gasteiger partial charge in [-0.05, 0) is 42.4 Å². The SMILES string of the molecule is CC(C)CC[C@H](CC(=O)[O-])c1ccc2c(c1)OCO2. The van der Waals surface area contributed by atoms with Crippen LogP contribution >= 0.6 is 0 Å². The number of carbonyl (C=O) groups is 1. The molecule has 2 rings (SSSR count). The molecule has 1 heterocycles. The van der Waals surface area contributed by atoms with Crippen molar-refractivity contribution >= 4 is 5.97 Å². The van der Waals surface area contributed by atoms with Gasteiger partial charge in [0.05, 0.1) is 0 Å². The highest BCUT2D eigenvalue weighted by Crippen LogP contribution is 2.36. The molecule has 0 saturated heterocycles. The number of benzene rings is 1. The molecule has 1 aliphatic rings. The van der Waals surface area contributed by atoms with Gasteiger partial charge in [0.1, 0.15) is 0 Å². The molecule has 4 heteroatoms. The second-order valence-electron chi connectivity index (χ2n) is 5.36. The topological polar surface area (TPSA) is 58.6 Å². The number of carboxylic acid groups (broad SMARTS) is 1. The summed E-state index contributed by atoms with van der Waals surface area (Å²) in [5.74, 6) is 0.941. The molecule has 0 spiro atoms. The maximum Gasteiger partial charge on any atom is 0.231 e. The van der Waals surface area contributed by atoms with E-state index in [2.05, 4.69) is 13.8 Å². The molecule has 0 saturated carbocycles. The average Bonchev–Trinajstić information content (AvgIpc) is 2.80. The molecule has 4 nitrogen and oxygen atoms in total. The molecule has 0 bridgehead atoms. The third-order valence-electron chi connectivity index (χ3n) is 3.37. The van der Waals surface area contributed by atoms with Crippen molar-refractivity contribution in [2.75, 3.05) is 6.79 Å². The van der Waals surface area contributed by atoms with E-state index < -0.39 is 5.97 Å². The lowest BCUT2D eigenvalue weighted by Crippen LogP contribution is -2.24. The van der Waals surface area contributed by atoms with Crippen molar-refractivity contribution in [3.63, 3.8) is 0 Å². The Hall–Kier alpha value is -1.71. The van der Waals surface area contributed by atoms with Gasteiger partial charge >= 0.3 is 0 Å². The fraction of sp³-hybridized carbons (Fsp3) is 0.533. The number of rotatable bonds is 6. The molecule has 19 heavy (non-hydrogen) atoms. The van der Waals surface area contributed by atoms with E-state index in [0.29, 0.717) is 11.7 Å². The minimum atomic E-state index is -1.01. The van der Waals surface area contributed by atoms with Gasteiger partial charge in [-0.1, -0.05) is 26.3 Å². The molecule has 0 radical (unpaired) electrons. The van der Waals surface area contributed by atoms with Crippen LogP contribution in [0, 0.1) is 5.92 Å². The van der Waals surface area contributed by atoms with Gasteiger partial charge in [0.2, 0.25) is 6.79 Å². The summed E-state index contributed by atoms with van der Waals surface area (Å²) in [5.41, 5.74) is 0.981. The van der Waals surface area contributed by atoms with Crippen molar-refractivity contribution in [1.82, 2.24) is 0 Å². The second kappa shape index (κ2) is 5.95. The summed E-state index contributed by atoms with van der Waals surface area (Å²) in [6, 6.07) is 5.65. The molecule has 1 aliphatic heterocycles. The van der Waals surface area contributed by atoms with E-state index in [-0.39, 0.29) is 19.1 Å². The van der Waals surface area contributed by atoms with Gasteiger partial charge in [-0.2, -0.15) is 0 Å². The van der Waals surface area contributed by atoms with Crippen LogP contribution in [0.1, 0.15) is 44.6 Å². The van der Waals surface area contributed by atoms with Crippen LogP contribution in [0.25, 0.3) is 0 Å². The number of aliphatic carboxylic acids is 1. The number of ether oxygens (including phenoxy) is 2. The maximum atomic E-state index is 10.9. The van der Waals surface area contributed by atoms with Gasteiger partial charge in [-0.15, -0.1) is 0 Å². The Kier molecular flexibility index (Phi) is 4.30. The van der Waals surface area contributed by atoms with Crippen molar-refractivity contribution in [3.05, 3.63) is 23.8 Å². The van der Waals surface area contributed by atoms with Gasteiger partial charge < -0.3 is 19.4 Å². The third-order valence-corrected chi connectivity index (χ3v) is 3.37. The number of hydrogen-bond acceptors (Lipinski definition) is 4. The molecule has 0 aromatic heterocycles. The van der Waals surface area contributed by atoms with Crippen LogP contribution < -0.4 is 14.6 Å². The molecule has 0 amide bonds. The highest BCUT2D eigenvalue weighted by Gasteiger charge is 2.18. The quantitative estimate of drug-likeness (QED) is 0.788. The van der Waals surface area contributed by atoms with Gasteiger partial charge in [0.15, 0.2) is 11.5 Å². The first-order chi connectivity index (χ1) is 9.06. The predicted octanol–water partition coefficient (Wildman–Crippen LogP) is 2.08. The first kappa shape index (κ1) is 13.7. The Morgan fingerprint density at radius 1 is 1.26 bits per heavy atom. The highest BCUT2D eigenvalue weighted by atomic mass is 16.7. The summed E-state index contributed by atoms with van der Waals surface area (Å²) in [6.07, 6.45) is 1.88. The van der Waals surface area contributed by atoms with Crippen molar-refractivity contribution in [1.29, 1.82) is 0 Å². The van der Waals surface area contributed by atoms with Crippen LogP contribution in [-0.2, 0) is 4.79 Å². The van der Waals surface area contributed by atoms with Gasteiger partial charge in [-0.25, -0.2) is 0 Å². The van der Waals surface area contributed by atoms with Crippen molar-refractivity contribution in [2.45, 2.75) is 39.0 Å². The van der Waals surface area contributed by atoms with Crippen molar-refractivity contribution < 1.29 is 19.4 Å². The molecule has 0 unspecified atom stereocenters. The van der Waals surface area contributed by atoms with Gasteiger partial charge in [0.25, 0.3) is 0 Å². The molecular weight excluding hydrogens is 244 g/mol. The van der Waals surface area contributed by atoms with E-state index in [1.54, 1.807) is 0 Å². The van der Waals surface area contributed by atoms with E-state index in [0.717, 1.165) is 24.2 Å². The largest absolute Gasteiger partial charge is 0.550 e. The molecule has 0 aliphatic carbocycles. The van der Waals surface area contributed by atoms with Gasteiger partial charge in [-0.3, -0.25) is 0 Å². The monoisotopic (exact) mass is 263 g/mol. The number of hydrogen-bond donors (Lipinski definition) is 0. The number of carbonyl (C=O) groups excluding carboxylic acids is 1. The summed E-state index contributed by atoms with van der Waals surface area (Å²) >= 11 is 0. The maximum absolute atomic E-state index is 10.9. The average molecular weight is 263 g/mol. The third kappa shape index (κ3) is 3.63. The van der Waals surface area contributed by atoms with E-state index in [1.165, 1.54) is 0 Å². The van der Waals surface area contributed by atoms with Crippen molar-refractivity contribution in [3.8, 4) is 11.5 Å². The minimum absolute atomic E-state index is 0.0260. The van der Waals surface area contributed by atoms with Crippen molar-refractivity contribution in [2.24, 2.45) is 5.92 Å². The summed E-state index contributed by atoms with van der Waals surface area (Å²) < 4.78 is 10.6. The van der Waals surface area contributed by atoms with Crippen LogP contribution in [0.4, 0.5) is 0 Å². The minimum Gasteiger partial charge on any atom is -0.550 e. The molecule has 0 fully saturated rings. The number of fused-ring (bicyclic) bond motifs is 1. The van der Waals surface area contributed by atoms with E-state index in [4.69, 9.17) is 9.47 Å². The zero-order valence-corrected chi connectivity index (χ0v) is 11.3. The molecule has 1 aromatic rings. The predicted molar refractivity (Wildman–Crippen MR) is 69.0 cm³/mol. The van der Waals surface area contributed by atoms with Crippen LogP contribution in [0.15, 0.2) is 18.2 Å². The van der Waals surface area contributed by atoms with Crippen LogP contribution in [-0.4, -0.2) is 12.8 Å². The Balaban J connectivity index is 2.14. The zero-order valence-electron chi connectivity index (χ0n) is 11.3. The lowest BCUT2D eigenvalue weighted by molar-refractivity contribution is -0.306. The highest BCUT2D eigenvalue weighted by molar-refractivity contribution is 5.65. The smallest absolute Gasteiger partial charge is 0.231 e. The molecule has 104 valence electrons. The van der Waals surface area contributed by atoms with E-state index in [1.807, 2.05) is 18.2 Å². The Labute approximate surface area is 113 Å². The molecule has 1 atom stereocenters. The van der Waals surface area contributed by atoms with E-state index >= 15 is 0 Å². The Bertz CT molecular complexity index is 453. The lowest BCUT2D eigenvalue weighted by atomic mass is 9.88. The first-order valence-corrected chi connectivity index (χ1v) is 6.65.